The van der Waals surface area contributed by atoms with Gasteiger partial charge in [0, 0.05) is 35.8 Å². The number of carbonyl (C=O) groups excluding carboxylic acids is 4. The second-order valence-corrected chi connectivity index (χ2v) is 20.9. The van der Waals surface area contributed by atoms with Crippen molar-refractivity contribution in [2.75, 3.05) is 27.7 Å². The van der Waals surface area contributed by atoms with Crippen molar-refractivity contribution in [2.24, 2.45) is 5.92 Å². The summed E-state index contributed by atoms with van der Waals surface area (Å²) in [5, 5.41) is 5.86. The largest absolute Gasteiger partial charge is 0.497 e. The molecular weight excluding hydrogens is 822 g/mol. The second kappa shape index (κ2) is 15.6. The quantitative estimate of drug-likeness (QED) is 0.321. The van der Waals surface area contributed by atoms with E-state index >= 15 is 13.2 Å². The number of rotatable bonds is 6. The summed E-state index contributed by atoms with van der Waals surface area (Å²) in [6.07, 6.45) is 0.929. The number of methoxy groups -OCH3 is 1. The van der Waals surface area contributed by atoms with Crippen molar-refractivity contribution in [3.63, 3.8) is 0 Å². The second-order valence-electron chi connectivity index (χ2n) is 18.7. The van der Waals surface area contributed by atoms with Crippen LogP contribution in [0.1, 0.15) is 109 Å². The van der Waals surface area contributed by atoms with Crippen molar-refractivity contribution < 1.29 is 55.0 Å². The molecule has 61 heavy (non-hydrogen) atoms. The number of alkyl carbamates (subject to hydrolysis) is 1. The number of amides is 4. The molecule has 0 radical (unpaired) electrons. The Hall–Kier alpha value is -4.65. The molecule has 1 aromatic carbocycles. The summed E-state index contributed by atoms with van der Waals surface area (Å²) in [6, 6.07) is 1.16. The van der Waals surface area contributed by atoms with E-state index in [2.05, 4.69) is 20.3 Å². The van der Waals surface area contributed by atoms with Crippen LogP contribution in [0.3, 0.4) is 0 Å². The minimum atomic E-state index is -4.97. The van der Waals surface area contributed by atoms with Crippen LogP contribution < -0.4 is 24.8 Å². The Balaban J connectivity index is 1.32. The molecule has 1 saturated heterocycles. The minimum absolute atomic E-state index is 0.0200. The summed E-state index contributed by atoms with van der Waals surface area (Å²) in [7, 11) is 0.741. The Morgan fingerprint density at radius 2 is 1.79 bits per heavy atom. The zero-order valence-corrected chi connectivity index (χ0v) is 36.3. The van der Waals surface area contributed by atoms with E-state index in [-0.39, 0.29) is 43.3 Å². The van der Waals surface area contributed by atoms with Gasteiger partial charge in [0.1, 0.15) is 34.6 Å². The van der Waals surface area contributed by atoms with E-state index in [0.717, 1.165) is 0 Å². The number of benzene rings is 1. The highest BCUT2D eigenvalue weighted by Gasteiger charge is 2.64. The zero-order chi connectivity index (χ0) is 44.5. The molecule has 3 N–H and O–H groups in total. The van der Waals surface area contributed by atoms with Crippen LogP contribution in [0.2, 0.25) is 0 Å². The maximum atomic E-state index is 15.0. The number of nitrogens with zero attached hydrogens (tertiary/aromatic N) is 3. The molecule has 0 bridgehead atoms. The van der Waals surface area contributed by atoms with Crippen molar-refractivity contribution in [1.29, 1.82) is 0 Å². The van der Waals surface area contributed by atoms with Crippen LogP contribution in [-0.2, 0) is 35.3 Å². The first-order valence-electron chi connectivity index (χ1n) is 20.7. The van der Waals surface area contributed by atoms with Crippen LogP contribution in [0.25, 0.3) is 10.9 Å². The molecule has 4 heterocycles. The van der Waals surface area contributed by atoms with Gasteiger partial charge in [-0.3, -0.25) is 19.1 Å². The fourth-order valence-electron chi connectivity index (χ4n) is 8.81. The normalized spacial score (nSPS) is 29.5. The number of halogens is 3. The first-order valence-corrected chi connectivity index (χ1v) is 22.2. The Bertz CT molecular complexity index is 2260. The molecule has 334 valence electrons. The summed E-state index contributed by atoms with van der Waals surface area (Å²) in [6.45, 7) is 6.16. The first kappa shape index (κ1) is 44.4. The molecule has 2 saturated carbocycles. The highest BCUT2D eigenvalue weighted by molar-refractivity contribution is 7.91. The molecule has 5 aliphatic rings. The van der Waals surface area contributed by atoms with E-state index in [1.807, 2.05) is 6.08 Å². The molecule has 3 aliphatic heterocycles. The summed E-state index contributed by atoms with van der Waals surface area (Å²) in [5.74, 6) is -3.17. The van der Waals surface area contributed by atoms with E-state index in [4.69, 9.17) is 14.2 Å². The Morgan fingerprint density at radius 3 is 2.43 bits per heavy atom. The third kappa shape index (κ3) is 8.73. The van der Waals surface area contributed by atoms with Crippen LogP contribution in [0.5, 0.6) is 11.5 Å². The molecule has 2 aromatic rings. The predicted octanol–water partition coefficient (Wildman–Crippen LogP) is 5.27. The third-order valence-electron chi connectivity index (χ3n) is 12.6. The molecule has 0 unspecified atom stereocenters. The number of aromatic nitrogens is 1. The fraction of sp³-hybridized carbons (Fsp3) is 0.643. The van der Waals surface area contributed by atoms with Crippen molar-refractivity contribution >= 4 is 44.7 Å². The van der Waals surface area contributed by atoms with Gasteiger partial charge >= 0.3 is 12.3 Å². The van der Waals surface area contributed by atoms with Gasteiger partial charge in [-0.2, -0.15) is 13.2 Å². The van der Waals surface area contributed by atoms with Gasteiger partial charge < -0.3 is 34.6 Å². The number of carbonyl (C=O) groups is 4. The summed E-state index contributed by atoms with van der Waals surface area (Å²) in [4.78, 5) is 64.0. The summed E-state index contributed by atoms with van der Waals surface area (Å²) in [5.41, 5.74) is -5.21. The standard InChI is InChI=1S/C42H55F3N6O9S/c1-38(2,3)60-37(55)47-28-14-12-10-8-9-11-13-24-20-41(24,36(54)49-61(56,57)39(4)17-18-39)48-34(52)30-22-40(23-51(30)35(28)53)21-29(50(5)6)31-26-19-25(58-7)15-16-27(26)46-33(32(31)59-40)42(43,44)45/h11,13,15-16,19,24,28-30H,8-10,12,14,17-18,20-23H2,1-7H3,(H,47,55)(H,48,52)(H,49,54)/b13-11-/t24-,28+,29-,30+,40-,41-/m1/s1. The van der Waals surface area contributed by atoms with Crippen LogP contribution in [0.15, 0.2) is 30.4 Å². The topological polar surface area (TPSA) is 186 Å². The lowest BCUT2D eigenvalue weighted by molar-refractivity contribution is -0.145. The maximum absolute atomic E-state index is 15.0. The van der Waals surface area contributed by atoms with Gasteiger partial charge in [-0.1, -0.05) is 25.0 Å². The summed E-state index contributed by atoms with van der Waals surface area (Å²) >= 11 is 0. The number of allylic oxidation sites excluding steroid dienone is 1. The van der Waals surface area contributed by atoms with Gasteiger partial charge in [-0.15, -0.1) is 0 Å². The van der Waals surface area contributed by atoms with Gasteiger partial charge in [0.15, 0.2) is 11.4 Å². The molecule has 6 atom stereocenters. The van der Waals surface area contributed by atoms with E-state index < -0.39 is 97.0 Å². The number of nitrogens with one attached hydrogen (secondary N) is 3. The minimum Gasteiger partial charge on any atom is -0.497 e. The van der Waals surface area contributed by atoms with Gasteiger partial charge in [0.2, 0.25) is 21.8 Å². The Kier molecular flexibility index (Phi) is 11.4. The predicted molar refractivity (Wildman–Crippen MR) is 217 cm³/mol. The monoisotopic (exact) mass is 876 g/mol. The zero-order valence-electron chi connectivity index (χ0n) is 35.5. The van der Waals surface area contributed by atoms with Crippen molar-refractivity contribution in [3.8, 4) is 11.5 Å². The van der Waals surface area contributed by atoms with Gasteiger partial charge in [-0.25, -0.2) is 18.2 Å². The van der Waals surface area contributed by atoms with Crippen LogP contribution in [0.4, 0.5) is 18.0 Å². The molecule has 1 spiro atoms. The molecule has 19 heteroatoms. The van der Waals surface area contributed by atoms with Crippen LogP contribution >= 0.6 is 0 Å². The molecule has 2 aliphatic carbocycles. The van der Waals surface area contributed by atoms with Crippen LogP contribution in [0, 0.1) is 5.92 Å². The number of ether oxygens (including phenoxy) is 3. The molecule has 4 amide bonds. The van der Waals surface area contributed by atoms with Gasteiger partial charge in [0.25, 0.3) is 5.91 Å². The maximum Gasteiger partial charge on any atom is 0.437 e. The molecular formula is C42H55F3N6O9S. The number of sulfonamides is 1. The average molecular weight is 877 g/mol. The number of hydrogen-bond acceptors (Lipinski definition) is 11. The van der Waals surface area contributed by atoms with E-state index in [1.54, 1.807) is 51.9 Å². The molecule has 7 rings (SSSR count). The molecule has 3 fully saturated rings. The number of hydrogen-bond donors (Lipinski definition) is 3. The van der Waals surface area contributed by atoms with Crippen molar-refractivity contribution in [3.05, 3.63) is 41.6 Å². The van der Waals surface area contributed by atoms with Gasteiger partial charge in [0.05, 0.1) is 23.9 Å². The number of fused-ring (bicyclic) bond motifs is 5. The highest BCUT2D eigenvalue weighted by atomic mass is 32.2. The summed E-state index contributed by atoms with van der Waals surface area (Å²) < 4.78 is 90.2. The Morgan fingerprint density at radius 1 is 1.07 bits per heavy atom. The third-order valence-corrected chi connectivity index (χ3v) is 14.8. The lowest BCUT2D eigenvalue weighted by Gasteiger charge is -2.43. The SMILES string of the molecule is COc1ccc2nc(C(F)(F)F)c3c(c2c1)[C@H](N(C)C)C[C@]1(C[C@H]2C(=O)N[C@]4(C(=O)NS(=O)(=O)C5(C)CC5)C[C@H]4/C=C\CCCCC[C@H](NC(=O)OC(C)(C)C)C(=O)N2C1)O3. The first-order chi connectivity index (χ1) is 28.4. The molecule has 1 aromatic heterocycles. The highest BCUT2D eigenvalue weighted by Crippen LogP contribution is 2.54. The average Bonchev–Trinajstić information content (AvgIpc) is 4.06. The fourth-order valence-corrected chi connectivity index (χ4v) is 10.1. The van der Waals surface area contributed by atoms with E-state index in [1.165, 1.54) is 31.1 Å². The van der Waals surface area contributed by atoms with Crippen LogP contribution in [-0.4, -0.2) is 108 Å². The van der Waals surface area contributed by atoms with E-state index in [9.17, 15) is 27.6 Å². The lowest BCUT2D eigenvalue weighted by Crippen LogP contribution is -2.58. The lowest BCUT2D eigenvalue weighted by atomic mass is 9.83. The molecule has 15 nitrogen and oxygen atoms in total. The Labute approximate surface area is 353 Å². The number of alkyl halides is 3. The van der Waals surface area contributed by atoms with Gasteiger partial charge in [-0.05, 0) is 98.5 Å². The van der Waals surface area contributed by atoms with E-state index in [0.29, 0.717) is 49.7 Å². The van der Waals surface area contributed by atoms with Crippen molar-refractivity contribution in [2.45, 2.75) is 138 Å². The number of pyridine rings is 1. The smallest absolute Gasteiger partial charge is 0.437 e. The van der Waals surface area contributed by atoms with Crippen molar-refractivity contribution in [1.82, 2.24) is 30.1 Å².